The van der Waals surface area contributed by atoms with Gasteiger partial charge >= 0.3 is 110 Å². The van der Waals surface area contributed by atoms with E-state index in [0.29, 0.717) is 0 Å². The Morgan fingerprint density at radius 2 is 1.40 bits per heavy atom. The van der Waals surface area contributed by atoms with Gasteiger partial charge in [-0.3, -0.25) is 0 Å². The second kappa shape index (κ2) is 9.27. The van der Waals surface area contributed by atoms with E-state index >= 15 is 0 Å². The SMILES string of the molecule is CCCCC1C[Se]CC(CCCC)SS1. The first-order chi connectivity index (χ1) is 7.36. The summed E-state index contributed by atoms with van der Waals surface area (Å²) in [4.78, 5) is 0. The van der Waals surface area contributed by atoms with Crippen molar-refractivity contribution in [1.82, 2.24) is 0 Å². The van der Waals surface area contributed by atoms with E-state index in [9.17, 15) is 0 Å². The summed E-state index contributed by atoms with van der Waals surface area (Å²) in [7, 11) is 4.43. The molecule has 0 amide bonds. The fraction of sp³-hybridized carbons (Fsp3) is 1.00. The molecule has 1 heterocycles. The molecule has 90 valence electrons. The van der Waals surface area contributed by atoms with Crippen molar-refractivity contribution in [2.45, 2.75) is 73.5 Å². The molecule has 0 bridgehead atoms. The van der Waals surface area contributed by atoms with Crippen LogP contribution in [0.5, 0.6) is 0 Å². The van der Waals surface area contributed by atoms with Crippen molar-refractivity contribution in [2.75, 3.05) is 0 Å². The second-order valence-electron chi connectivity index (χ2n) is 4.26. The van der Waals surface area contributed by atoms with E-state index in [1.165, 1.54) is 49.2 Å². The van der Waals surface area contributed by atoms with Gasteiger partial charge in [0.15, 0.2) is 0 Å². The molecule has 0 aromatic heterocycles. The number of unbranched alkanes of at least 4 members (excludes halogenated alkanes) is 2. The predicted octanol–water partition coefficient (Wildman–Crippen LogP) is 5.04. The molecule has 15 heavy (non-hydrogen) atoms. The Morgan fingerprint density at radius 1 is 0.933 bits per heavy atom. The van der Waals surface area contributed by atoms with Crippen LogP contribution in [0.3, 0.4) is 0 Å². The molecule has 2 unspecified atom stereocenters. The van der Waals surface area contributed by atoms with Crippen LogP contribution in [0.15, 0.2) is 0 Å². The molecule has 2 atom stereocenters. The Morgan fingerprint density at radius 3 is 1.80 bits per heavy atom. The fourth-order valence-electron chi connectivity index (χ4n) is 1.67. The summed E-state index contributed by atoms with van der Waals surface area (Å²) in [5.41, 5.74) is 0. The monoisotopic (exact) mass is 312 g/mol. The van der Waals surface area contributed by atoms with Gasteiger partial charge < -0.3 is 0 Å². The van der Waals surface area contributed by atoms with Gasteiger partial charge in [0, 0.05) is 0 Å². The molecule has 0 spiro atoms. The van der Waals surface area contributed by atoms with Crippen molar-refractivity contribution < 1.29 is 0 Å². The van der Waals surface area contributed by atoms with Crippen LogP contribution in [0.4, 0.5) is 0 Å². The van der Waals surface area contributed by atoms with Crippen molar-refractivity contribution in [3.05, 3.63) is 0 Å². The minimum absolute atomic E-state index is 0.938. The Hall–Kier alpha value is 1.22. The van der Waals surface area contributed by atoms with Crippen LogP contribution >= 0.6 is 21.6 Å². The van der Waals surface area contributed by atoms with Crippen LogP contribution in [-0.2, 0) is 0 Å². The summed E-state index contributed by atoms with van der Waals surface area (Å²) in [5.74, 6) is 0. The molecule has 0 aliphatic carbocycles. The van der Waals surface area contributed by atoms with E-state index < -0.39 is 0 Å². The average Bonchev–Trinajstić information content (AvgIpc) is 2.49. The molecular formula is C12H24S2Se. The summed E-state index contributed by atoms with van der Waals surface area (Å²) in [6.45, 7) is 4.62. The second-order valence-corrected chi connectivity index (χ2v) is 9.39. The molecule has 1 aliphatic rings. The molecule has 1 aliphatic heterocycles. The average molecular weight is 311 g/mol. The molecule has 1 fully saturated rings. The van der Waals surface area contributed by atoms with Crippen molar-refractivity contribution in [3.8, 4) is 0 Å². The van der Waals surface area contributed by atoms with Gasteiger partial charge in [-0.2, -0.15) is 0 Å². The van der Waals surface area contributed by atoms with Gasteiger partial charge in [-0.25, -0.2) is 0 Å². The molecule has 0 aromatic rings. The molecule has 3 heteroatoms. The zero-order chi connectivity index (χ0) is 10.9. The quantitative estimate of drug-likeness (QED) is 0.498. The zero-order valence-electron chi connectivity index (χ0n) is 10.0. The van der Waals surface area contributed by atoms with Crippen LogP contribution in [0.25, 0.3) is 0 Å². The fourth-order valence-corrected chi connectivity index (χ4v) is 9.66. The Balaban J connectivity index is 2.16. The van der Waals surface area contributed by atoms with Gasteiger partial charge in [-0.05, 0) is 0 Å². The summed E-state index contributed by atoms with van der Waals surface area (Å²) in [6.07, 6.45) is 8.55. The predicted molar refractivity (Wildman–Crippen MR) is 77.2 cm³/mol. The zero-order valence-corrected chi connectivity index (χ0v) is 13.4. The van der Waals surface area contributed by atoms with Crippen molar-refractivity contribution >= 4 is 36.5 Å². The van der Waals surface area contributed by atoms with Crippen LogP contribution < -0.4 is 0 Å². The number of rotatable bonds is 6. The number of hydrogen-bond acceptors (Lipinski definition) is 2. The topological polar surface area (TPSA) is 0 Å². The maximum absolute atomic E-state index is 2.31. The van der Waals surface area contributed by atoms with Gasteiger partial charge in [-0.15, -0.1) is 0 Å². The Labute approximate surface area is 110 Å². The molecule has 0 saturated carbocycles. The van der Waals surface area contributed by atoms with Gasteiger partial charge in [-0.1, -0.05) is 0 Å². The van der Waals surface area contributed by atoms with E-state index in [4.69, 9.17) is 0 Å². The molecular weight excluding hydrogens is 287 g/mol. The molecule has 1 saturated heterocycles. The third-order valence-corrected chi connectivity index (χ3v) is 9.75. The molecule has 0 nitrogen and oxygen atoms in total. The molecule has 0 radical (unpaired) electrons. The van der Waals surface area contributed by atoms with E-state index in [-0.39, 0.29) is 0 Å². The van der Waals surface area contributed by atoms with Gasteiger partial charge in [0.05, 0.1) is 0 Å². The van der Waals surface area contributed by atoms with Crippen LogP contribution in [-0.4, -0.2) is 25.5 Å². The Bertz CT molecular complexity index is 137. The minimum atomic E-state index is 0.938. The summed E-state index contributed by atoms with van der Waals surface area (Å²) in [6, 6.07) is 0. The maximum atomic E-state index is 2.31. The third-order valence-electron chi connectivity index (χ3n) is 2.69. The molecule has 1 rings (SSSR count). The van der Waals surface area contributed by atoms with Crippen LogP contribution in [0, 0.1) is 0 Å². The summed E-state index contributed by atoms with van der Waals surface area (Å²) >= 11 is 0.938. The third kappa shape index (κ3) is 6.51. The van der Waals surface area contributed by atoms with Gasteiger partial charge in [0.1, 0.15) is 0 Å². The van der Waals surface area contributed by atoms with Crippen LogP contribution in [0.1, 0.15) is 52.4 Å². The first-order valence-electron chi connectivity index (χ1n) is 6.26. The molecule has 0 N–H and O–H groups in total. The molecule has 0 aromatic carbocycles. The van der Waals surface area contributed by atoms with Crippen LogP contribution in [0.2, 0.25) is 10.6 Å². The number of hydrogen-bond donors (Lipinski definition) is 0. The van der Waals surface area contributed by atoms with Crippen molar-refractivity contribution in [1.29, 1.82) is 0 Å². The first-order valence-corrected chi connectivity index (χ1v) is 11.0. The van der Waals surface area contributed by atoms with E-state index in [1.54, 1.807) is 0 Å². The van der Waals surface area contributed by atoms with Crippen molar-refractivity contribution in [2.24, 2.45) is 0 Å². The summed E-state index contributed by atoms with van der Waals surface area (Å²) in [5, 5.41) is 5.05. The Kier molecular flexibility index (Phi) is 8.83. The summed E-state index contributed by atoms with van der Waals surface area (Å²) < 4.78 is 0. The van der Waals surface area contributed by atoms with E-state index in [2.05, 4.69) is 35.4 Å². The van der Waals surface area contributed by atoms with Gasteiger partial charge in [0.25, 0.3) is 0 Å². The first kappa shape index (κ1) is 14.3. The van der Waals surface area contributed by atoms with E-state index in [1.807, 2.05) is 0 Å². The van der Waals surface area contributed by atoms with E-state index in [0.717, 1.165) is 25.5 Å². The standard InChI is InChI=1S/C12H24S2Se/c1-3-5-7-11-9-15-10-12(14-13-11)8-6-4-2/h11-12H,3-10H2,1-2H3. The normalized spacial score (nSPS) is 27.6. The van der Waals surface area contributed by atoms with Gasteiger partial charge in [0.2, 0.25) is 0 Å². The van der Waals surface area contributed by atoms with Crippen molar-refractivity contribution in [3.63, 3.8) is 0 Å².